The van der Waals surface area contributed by atoms with Crippen LogP contribution in [0.15, 0.2) is 22.8 Å². The van der Waals surface area contributed by atoms with Crippen molar-refractivity contribution in [2.75, 3.05) is 0 Å². The van der Waals surface area contributed by atoms with Crippen molar-refractivity contribution in [1.82, 2.24) is 4.57 Å². The van der Waals surface area contributed by atoms with E-state index in [0.717, 1.165) is 15.5 Å². The Labute approximate surface area is 97.7 Å². The van der Waals surface area contributed by atoms with E-state index in [1.165, 1.54) is 5.56 Å². The monoisotopic (exact) mass is 267 g/mol. The summed E-state index contributed by atoms with van der Waals surface area (Å²) in [4.78, 5) is 0. The van der Waals surface area contributed by atoms with Crippen LogP contribution in [0, 0.1) is 6.92 Å². The van der Waals surface area contributed by atoms with Gasteiger partial charge in [0.15, 0.2) is 0 Å². The molecule has 0 spiro atoms. The molecule has 3 heteroatoms. The van der Waals surface area contributed by atoms with E-state index in [-0.39, 0.29) is 0 Å². The Morgan fingerprint density at radius 3 is 2.60 bits per heavy atom. The third kappa shape index (κ3) is 1.46. The predicted molar refractivity (Wildman–Crippen MR) is 66.4 cm³/mol. The van der Waals surface area contributed by atoms with E-state index < -0.39 is 0 Å². The number of phenolic OH excluding ortho intramolecular Hbond substituents is 1. The summed E-state index contributed by atoms with van der Waals surface area (Å²) in [5.41, 5.74) is 2.09. The molecule has 1 aromatic carbocycles. The van der Waals surface area contributed by atoms with Crippen molar-refractivity contribution in [2.45, 2.75) is 26.8 Å². The van der Waals surface area contributed by atoms with Gasteiger partial charge in [0, 0.05) is 11.4 Å². The smallest absolute Gasteiger partial charge is 0.139 e. The summed E-state index contributed by atoms with van der Waals surface area (Å²) in [6.45, 7) is 6.27. The fourth-order valence-electron chi connectivity index (χ4n) is 1.96. The van der Waals surface area contributed by atoms with Crippen LogP contribution in [0.5, 0.6) is 5.75 Å². The molecule has 0 aliphatic heterocycles. The van der Waals surface area contributed by atoms with Gasteiger partial charge >= 0.3 is 0 Å². The third-order valence-corrected chi connectivity index (χ3v) is 3.67. The molecule has 2 aromatic rings. The number of hydrogen-bond acceptors (Lipinski definition) is 1. The number of aromatic hydroxyl groups is 1. The topological polar surface area (TPSA) is 25.2 Å². The molecule has 2 rings (SSSR count). The first kappa shape index (κ1) is 10.6. The van der Waals surface area contributed by atoms with Gasteiger partial charge in [-0.1, -0.05) is 12.1 Å². The molecule has 0 saturated carbocycles. The Morgan fingerprint density at radius 1 is 1.33 bits per heavy atom. The highest BCUT2D eigenvalue weighted by molar-refractivity contribution is 9.10. The largest absolute Gasteiger partial charge is 0.506 e. The molecule has 1 N–H and O–H groups in total. The number of aryl methyl sites for hydroxylation is 1. The predicted octanol–water partition coefficient (Wildman–Crippen LogP) is 4.00. The Bertz CT molecular complexity index is 514. The number of halogens is 1. The third-order valence-electron chi connectivity index (χ3n) is 2.70. The van der Waals surface area contributed by atoms with Crippen LogP contribution >= 0.6 is 15.9 Å². The highest BCUT2D eigenvalue weighted by Gasteiger charge is 2.16. The molecule has 0 saturated heterocycles. The fourth-order valence-corrected chi connectivity index (χ4v) is 2.76. The van der Waals surface area contributed by atoms with Crippen LogP contribution in [0.4, 0.5) is 0 Å². The van der Waals surface area contributed by atoms with Crippen molar-refractivity contribution < 1.29 is 5.11 Å². The number of nitrogens with zero attached hydrogens (tertiary/aromatic N) is 1. The minimum Gasteiger partial charge on any atom is -0.506 e. The molecule has 15 heavy (non-hydrogen) atoms. The van der Waals surface area contributed by atoms with Crippen molar-refractivity contribution in [3.63, 3.8) is 0 Å². The van der Waals surface area contributed by atoms with Gasteiger partial charge in [-0.2, -0.15) is 0 Å². The average molecular weight is 268 g/mol. The van der Waals surface area contributed by atoms with Gasteiger partial charge in [-0.05, 0) is 48.3 Å². The van der Waals surface area contributed by atoms with E-state index in [1.807, 2.05) is 12.1 Å². The molecule has 0 radical (unpaired) electrons. The average Bonchev–Trinajstić information content (AvgIpc) is 2.43. The number of phenols is 1. The van der Waals surface area contributed by atoms with Gasteiger partial charge in [0.2, 0.25) is 0 Å². The Hall–Kier alpha value is -0.960. The molecule has 0 unspecified atom stereocenters. The molecular formula is C12H14BrNO. The van der Waals surface area contributed by atoms with Crippen LogP contribution in [0.3, 0.4) is 0 Å². The minimum absolute atomic E-state index is 0.323. The standard InChI is InChI=1S/C12H14BrNO/c1-7(2)14-11-9(8(3)12(14)13)5-4-6-10(11)15/h4-7,15H,1-3H3. The second-order valence-corrected chi connectivity index (χ2v) is 4.80. The molecule has 0 aliphatic rings. The quantitative estimate of drug-likeness (QED) is 0.830. The molecule has 80 valence electrons. The summed E-state index contributed by atoms with van der Waals surface area (Å²) in [7, 11) is 0. The zero-order valence-corrected chi connectivity index (χ0v) is 10.7. The van der Waals surface area contributed by atoms with E-state index in [2.05, 4.69) is 41.3 Å². The zero-order valence-electron chi connectivity index (χ0n) is 9.08. The molecule has 0 aliphatic carbocycles. The van der Waals surface area contributed by atoms with Crippen LogP contribution in [-0.4, -0.2) is 9.67 Å². The summed E-state index contributed by atoms with van der Waals surface area (Å²) in [6.07, 6.45) is 0. The summed E-state index contributed by atoms with van der Waals surface area (Å²) in [6, 6.07) is 5.96. The number of aromatic nitrogens is 1. The van der Waals surface area contributed by atoms with E-state index in [9.17, 15) is 5.11 Å². The maximum atomic E-state index is 9.90. The van der Waals surface area contributed by atoms with Crippen molar-refractivity contribution in [3.8, 4) is 5.75 Å². The van der Waals surface area contributed by atoms with Crippen LogP contribution in [0.2, 0.25) is 0 Å². The van der Waals surface area contributed by atoms with Gasteiger partial charge in [0.1, 0.15) is 5.75 Å². The number of para-hydroxylation sites is 1. The lowest BCUT2D eigenvalue weighted by molar-refractivity contribution is 0.474. The minimum atomic E-state index is 0.323. The van der Waals surface area contributed by atoms with Gasteiger partial charge in [0.25, 0.3) is 0 Å². The molecule has 0 amide bonds. The van der Waals surface area contributed by atoms with Crippen LogP contribution in [0.1, 0.15) is 25.5 Å². The molecule has 1 heterocycles. The van der Waals surface area contributed by atoms with Crippen LogP contribution in [0.25, 0.3) is 10.9 Å². The normalized spacial score (nSPS) is 11.5. The van der Waals surface area contributed by atoms with Gasteiger partial charge in [0.05, 0.1) is 10.1 Å². The number of fused-ring (bicyclic) bond motifs is 1. The van der Waals surface area contributed by atoms with Crippen LogP contribution in [-0.2, 0) is 0 Å². The van der Waals surface area contributed by atoms with E-state index in [4.69, 9.17) is 0 Å². The second-order valence-electron chi connectivity index (χ2n) is 4.05. The van der Waals surface area contributed by atoms with Crippen molar-refractivity contribution in [3.05, 3.63) is 28.4 Å². The molecular weight excluding hydrogens is 254 g/mol. The zero-order chi connectivity index (χ0) is 11.2. The van der Waals surface area contributed by atoms with E-state index >= 15 is 0 Å². The lowest BCUT2D eigenvalue weighted by atomic mass is 10.2. The van der Waals surface area contributed by atoms with Gasteiger partial charge in [-0.3, -0.25) is 0 Å². The molecule has 0 bridgehead atoms. The van der Waals surface area contributed by atoms with Gasteiger partial charge < -0.3 is 9.67 Å². The number of benzene rings is 1. The molecule has 0 atom stereocenters. The van der Waals surface area contributed by atoms with E-state index in [0.29, 0.717) is 11.8 Å². The lowest BCUT2D eigenvalue weighted by Crippen LogP contribution is -2.00. The van der Waals surface area contributed by atoms with Crippen molar-refractivity contribution >= 4 is 26.8 Å². The summed E-state index contributed by atoms with van der Waals surface area (Å²) < 4.78 is 3.16. The number of hydrogen-bond donors (Lipinski definition) is 1. The van der Waals surface area contributed by atoms with Crippen LogP contribution < -0.4 is 0 Å². The van der Waals surface area contributed by atoms with E-state index in [1.54, 1.807) is 6.07 Å². The highest BCUT2D eigenvalue weighted by Crippen LogP contribution is 2.36. The summed E-state index contributed by atoms with van der Waals surface area (Å²) >= 11 is 3.58. The Balaban J connectivity index is 2.95. The Morgan fingerprint density at radius 2 is 2.00 bits per heavy atom. The Kier molecular flexibility index (Phi) is 2.51. The molecule has 2 nitrogen and oxygen atoms in total. The number of rotatable bonds is 1. The lowest BCUT2D eigenvalue weighted by Gasteiger charge is -2.12. The SMILES string of the molecule is Cc1c(Br)n(C(C)C)c2c(O)cccc12. The fraction of sp³-hybridized carbons (Fsp3) is 0.333. The van der Waals surface area contributed by atoms with Gasteiger partial charge in [-0.25, -0.2) is 0 Å². The van der Waals surface area contributed by atoms with Gasteiger partial charge in [-0.15, -0.1) is 0 Å². The first-order valence-electron chi connectivity index (χ1n) is 5.02. The summed E-state index contributed by atoms with van der Waals surface area (Å²) in [5.74, 6) is 0.343. The molecule has 0 fully saturated rings. The van der Waals surface area contributed by atoms with Crippen molar-refractivity contribution in [1.29, 1.82) is 0 Å². The maximum absolute atomic E-state index is 9.90. The maximum Gasteiger partial charge on any atom is 0.139 e. The molecule has 1 aromatic heterocycles. The highest BCUT2D eigenvalue weighted by atomic mass is 79.9. The second kappa shape index (κ2) is 3.56. The summed E-state index contributed by atoms with van der Waals surface area (Å²) in [5, 5.41) is 11.0. The first-order chi connectivity index (χ1) is 7.04. The van der Waals surface area contributed by atoms with Crippen molar-refractivity contribution in [2.24, 2.45) is 0 Å². The first-order valence-corrected chi connectivity index (χ1v) is 5.81.